The summed E-state index contributed by atoms with van der Waals surface area (Å²) in [5, 5.41) is 3.11. The molecule has 0 aromatic heterocycles. The van der Waals surface area contributed by atoms with Crippen LogP contribution in [-0.4, -0.2) is 49.6 Å². The maximum Gasteiger partial charge on any atom is 0.227 e. The van der Waals surface area contributed by atoms with Crippen LogP contribution in [-0.2, 0) is 17.6 Å². The first kappa shape index (κ1) is 16.6. The third kappa shape index (κ3) is 2.83. The highest BCUT2D eigenvalue weighted by atomic mass is 16.2. The molecule has 0 radical (unpaired) electrons. The topological polar surface area (TPSA) is 35.6 Å². The number of carbonyl (C=O) groups excluding carboxylic acids is 1. The Morgan fingerprint density at radius 3 is 2.69 bits per heavy atom. The molecular weight excluding hydrogens is 322 g/mol. The molecule has 3 heterocycles. The summed E-state index contributed by atoms with van der Waals surface area (Å²) in [6.07, 6.45) is 9.61. The zero-order valence-corrected chi connectivity index (χ0v) is 15.8. The summed E-state index contributed by atoms with van der Waals surface area (Å²) in [5.41, 5.74) is 4.50. The lowest BCUT2D eigenvalue weighted by Crippen LogP contribution is -2.49. The Hall–Kier alpha value is -1.55. The van der Waals surface area contributed by atoms with Crippen molar-refractivity contribution in [2.24, 2.45) is 5.41 Å². The molecule has 1 atom stereocenters. The zero-order valence-electron chi connectivity index (χ0n) is 15.8. The molecule has 3 fully saturated rings. The predicted molar refractivity (Wildman–Crippen MR) is 105 cm³/mol. The minimum atomic E-state index is -0.0740. The molecule has 1 aromatic carbocycles. The van der Waals surface area contributed by atoms with Crippen molar-refractivity contribution in [2.75, 3.05) is 37.6 Å². The summed E-state index contributed by atoms with van der Waals surface area (Å²) in [7, 11) is 0. The van der Waals surface area contributed by atoms with Gasteiger partial charge in [-0.2, -0.15) is 0 Å². The van der Waals surface area contributed by atoms with Crippen LogP contribution >= 0.6 is 0 Å². The van der Waals surface area contributed by atoms with E-state index in [-0.39, 0.29) is 5.41 Å². The van der Waals surface area contributed by atoms with E-state index in [0.717, 1.165) is 52.0 Å². The Labute approximate surface area is 156 Å². The van der Waals surface area contributed by atoms with E-state index in [1.807, 2.05) is 0 Å². The standard InChI is InChI=1S/C22H31N3O/c26-21-22(9-2-11-23-21)10-14-25(16-22)19-7-12-24(13-8-19)20-6-5-17-3-1-4-18(17)15-20/h5-6,15,19H,1-4,7-14,16H2,(H,23,26)/t22-/m1/s1. The third-order valence-corrected chi connectivity index (χ3v) is 7.41. The fourth-order valence-electron chi connectivity index (χ4n) is 5.78. The van der Waals surface area contributed by atoms with Crippen LogP contribution in [0.5, 0.6) is 0 Å². The van der Waals surface area contributed by atoms with Crippen molar-refractivity contribution < 1.29 is 4.79 Å². The second-order valence-corrected chi connectivity index (χ2v) is 8.89. The fourth-order valence-corrected chi connectivity index (χ4v) is 5.78. The number of hydrogen-bond acceptors (Lipinski definition) is 3. The van der Waals surface area contributed by atoms with Crippen molar-refractivity contribution >= 4 is 11.6 Å². The van der Waals surface area contributed by atoms with Gasteiger partial charge in [0.2, 0.25) is 5.91 Å². The van der Waals surface area contributed by atoms with E-state index < -0.39 is 0 Å². The van der Waals surface area contributed by atoms with Gasteiger partial charge in [-0.25, -0.2) is 0 Å². The van der Waals surface area contributed by atoms with Crippen LogP contribution < -0.4 is 10.2 Å². The van der Waals surface area contributed by atoms with Crippen LogP contribution in [0, 0.1) is 5.41 Å². The molecule has 140 valence electrons. The van der Waals surface area contributed by atoms with Crippen molar-refractivity contribution in [1.29, 1.82) is 0 Å². The van der Waals surface area contributed by atoms with Gasteiger partial charge in [0, 0.05) is 37.9 Å². The first-order valence-electron chi connectivity index (χ1n) is 10.6. The Morgan fingerprint density at radius 1 is 1.00 bits per heavy atom. The second-order valence-electron chi connectivity index (χ2n) is 8.89. The van der Waals surface area contributed by atoms with Gasteiger partial charge in [-0.05, 0) is 81.2 Å². The highest BCUT2D eigenvalue weighted by Gasteiger charge is 2.47. The average molecular weight is 354 g/mol. The highest BCUT2D eigenvalue weighted by Crippen LogP contribution is 2.39. The molecule has 26 heavy (non-hydrogen) atoms. The van der Waals surface area contributed by atoms with Gasteiger partial charge < -0.3 is 10.2 Å². The summed E-state index contributed by atoms with van der Waals surface area (Å²) >= 11 is 0. The SMILES string of the molecule is O=C1NCCC[C@]12CCN(C1CCN(c3ccc4c(c3)CCC4)CC1)C2. The molecule has 1 aromatic rings. The molecule has 3 saturated heterocycles. The number of benzene rings is 1. The van der Waals surface area contributed by atoms with Crippen LogP contribution in [0.2, 0.25) is 0 Å². The summed E-state index contributed by atoms with van der Waals surface area (Å²) in [6, 6.07) is 7.80. The number of nitrogens with zero attached hydrogens (tertiary/aromatic N) is 2. The largest absolute Gasteiger partial charge is 0.371 e. The molecule has 1 N–H and O–H groups in total. The molecule has 4 nitrogen and oxygen atoms in total. The van der Waals surface area contributed by atoms with Crippen molar-refractivity contribution in [3.8, 4) is 0 Å². The number of aryl methyl sites for hydroxylation is 2. The Morgan fingerprint density at radius 2 is 1.85 bits per heavy atom. The molecule has 0 saturated carbocycles. The normalized spacial score (nSPS) is 30.0. The van der Waals surface area contributed by atoms with Crippen molar-refractivity contribution in [1.82, 2.24) is 10.2 Å². The van der Waals surface area contributed by atoms with E-state index in [2.05, 4.69) is 33.3 Å². The summed E-state index contributed by atoms with van der Waals surface area (Å²) < 4.78 is 0. The maximum absolute atomic E-state index is 12.4. The quantitative estimate of drug-likeness (QED) is 0.888. The van der Waals surface area contributed by atoms with Crippen molar-refractivity contribution in [2.45, 2.75) is 57.4 Å². The number of likely N-dealkylation sites (tertiary alicyclic amines) is 1. The first-order valence-corrected chi connectivity index (χ1v) is 10.6. The van der Waals surface area contributed by atoms with Gasteiger partial charge in [-0.3, -0.25) is 9.69 Å². The van der Waals surface area contributed by atoms with Crippen molar-refractivity contribution in [3.05, 3.63) is 29.3 Å². The van der Waals surface area contributed by atoms with Crippen LogP contribution in [0.25, 0.3) is 0 Å². The van der Waals surface area contributed by atoms with E-state index in [1.54, 1.807) is 11.1 Å². The van der Waals surface area contributed by atoms with Gasteiger partial charge in [0.25, 0.3) is 0 Å². The van der Waals surface area contributed by atoms with E-state index in [0.29, 0.717) is 11.9 Å². The minimum absolute atomic E-state index is 0.0740. The molecule has 0 unspecified atom stereocenters. The number of hydrogen-bond donors (Lipinski definition) is 1. The van der Waals surface area contributed by atoms with E-state index in [1.165, 1.54) is 37.8 Å². The fraction of sp³-hybridized carbons (Fsp3) is 0.682. The van der Waals surface area contributed by atoms with E-state index >= 15 is 0 Å². The highest BCUT2D eigenvalue weighted by molar-refractivity contribution is 5.84. The van der Waals surface area contributed by atoms with Gasteiger partial charge in [-0.1, -0.05) is 6.07 Å². The Balaban J connectivity index is 1.20. The number of amides is 1. The first-order chi connectivity index (χ1) is 12.7. The van der Waals surface area contributed by atoms with Crippen LogP contribution in [0.1, 0.15) is 49.7 Å². The summed E-state index contributed by atoms with van der Waals surface area (Å²) in [5.74, 6) is 0.321. The molecule has 1 amide bonds. The zero-order chi connectivity index (χ0) is 17.6. The summed E-state index contributed by atoms with van der Waals surface area (Å²) in [6.45, 7) is 5.28. The number of fused-ring (bicyclic) bond motifs is 1. The monoisotopic (exact) mass is 353 g/mol. The van der Waals surface area contributed by atoms with Crippen LogP contribution in [0.15, 0.2) is 18.2 Å². The minimum Gasteiger partial charge on any atom is -0.371 e. The van der Waals surface area contributed by atoms with Crippen LogP contribution in [0.4, 0.5) is 5.69 Å². The molecule has 0 bridgehead atoms. The molecule has 1 aliphatic carbocycles. The van der Waals surface area contributed by atoms with E-state index in [9.17, 15) is 4.79 Å². The van der Waals surface area contributed by atoms with Gasteiger partial charge in [-0.15, -0.1) is 0 Å². The van der Waals surface area contributed by atoms with Gasteiger partial charge in [0.15, 0.2) is 0 Å². The molecular formula is C22H31N3O. The second kappa shape index (κ2) is 6.56. The lowest BCUT2D eigenvalue weighted by atomic mass is 9.79. The average Bonchev–Trinajstić information content (AvgIpc) is 3.32. The number of piperidine rings is 2. The number of nitrogens with one attached hydrogen (secondary N) is 1. The molecule has 1 spiro atoms. The molecule has 5 rings (SSSR count). The number of rotatable bonds is 2. The molecule has 4 heteroatoms. The Bertz CT molecular complexity index is 695. The Kier molecular flexibility index (Phi) is 4.19. The van der Waals surface area contributed by atoms with Gasteiger partial charge in [0.1, 0.15) is 0 Å². The smallest absolute Gasteiger partial charge is 0.227 e. The van der Waals surface area contributed by atoms with Crippen LogP contribution in [0.3, 0.4) is 0 Å². The lowest BCUT2D eigenvalue weighted by Gasteiger charge is -2.39. The van der Waals surface area contributed by atoms with Crippen molar-refractivity contribution in [3.63, 3.8) is 0 Å². The molecule has 3 aliphatic heterocycles. The van der Waals surface area contributed by atoms with Gasteiger partial charge >= 0.3 is 0 Å². The lowest BCUT2D eigenvalue weighted by molar-refractivity contribution is -0.132. The number of anilines is 1. The summed E-state index contributed by atoms with van der Waals surface area (Å²) in [4.78, 5) is 17.6. The maximum atomic E-state index is 12.4. The van der Waals surface area contributed by atoms with E-state index in [4.69, 9.17) is 0 Å². The van der Waals surface area contributed by atoms with Gasteiger partial charge in [0.05, 0.1) is 5.41 Å². The predicted octanol–water partition coefficient (Wildman–Crippen LogP) is 2.75. The molecule has 4 aliphatic rings. The third-order valence-electron chi connectivity index (χ3n) is 7.41. The number of carbonyl (C=O) groups is 1.